The van der Waals surface area contributed by atoms with Crippen LogP contribution < -0.4 is 5.73 Å². The van der Waals surface area contributed by atoms with Gasteiger partial charge < -0.3 is 30.6 Å². The number of carboxylic acids is 1. The topological polar surface area (TPSA) is 124 Å². The van der Waals surface area contributed by atoms with Gasteiger partial charge in [-0.05, 0) is 24.1 Å². The first-order valence-electron chi connectivity index (χ1n) is 6.47. The van der Waals surface area contributed by atoms with E-state index in [4.69, 9.17) is 26.2 Å². The summed E-state index contributed by atoms with van der Waals surface area (Å²) in [6.07, 6.45) is 0.114. The van der Waals surface area contributed by atoms with Gasteiger partial charge in [-0.3, -0.25) is 4.79 Å². The zero-order chi connectivity index (χ0) is 16.6. The fraction of sp³-hybridized carbons (Fsp3) is 0.500. The lowest BCUT2D eigenvalue weighted by Gasteiger charge is -2.21. The number of likely N-dealkylation sites (N-methyl/N-ethyl adjacent to an activating group) is 1. The summed E-state index contributed by atoms with van der Waals surface area (Å²) in [5, 5.41) is 35.0. The Morgan fingerprint density at radius 3 is 2.14 bits per heavy atom. The zero-order valence-corrected chi connectivity index (χ0v) is 12.7. The van der Waals surface area contributed by atoms with Crippen molar-refractivity contribution in [2.75, 3.05) is 34.3 Å². The van der Waals surface area contributed by atoms with Crippen LogP contribution in [0.2, 0.25) is 0 Å². The number of hydrogen-bond donors (Lipinski definition) is 5. The molecule has 1 aromatic rings. The molecule has 1 rings (SSSR count). The number of phenolic OH excluding ortho intramolecular Hbond substituents is 2. The minimum absolute atomic E-state index is 0.114. The number of aliphatic hydroxyl groups excluding tert-OH is 1. The van der Waals surface area contributed by atoms with E-state index >= 15 is 0 Å². The van der Waals surface area contributed by atoms with Crippen molar-refractivity contribution in [3.05, 3.63) is 23.8 Å². The second-order valence-corrected chi connectivity index (χ2v) is 5.71. The molecule has 0 radical (unpaired) electrons. The summed E-state index contributed by atoms with van der Waals surface area (Å²) in [6, 6.07) is 3.09. The van der Waals surface area contributed by atoms with E-state index in [2.05, 4.69) is 21.1 Å². The van der Waals surface area contributed by atoms with Crippen LogP contribution in [0.4, 0.5) is 0 Å². The number of aliphatic carboxylic acids is 1. The number of aromatic hydroxyl groups is 2. The van der Waals surface area contributed by atoms with Crippen molar-refractivity contribution < 1.29 is 29.7 Å². The molecule has 0 heterocycles. The highest BCUT2D eigenvalue weighted by Gasteiger charge is 2.12. The van der Waals surface area contributed by atoms with Crippen molar-refractivity contribution >= 4 is 5.97 Å². The monoisotopic (exact) mass is 301 g/mol. The zero-order valence-electron chi connectivity index (χ0n) is 12.7. The molecule has 0 saturated carbocycles. The average Bonchev–Trinajstić information content (AvgIpc) is 2.33. The third-order valence-corrected chi connectivity index (χ3v) is 2.58. The van der Waals surface area contributed by atoms with Gasteiger partial charge in [-0.15, -0.1) is 0 Å². The van der Waals surface area contributed by atoms with Crippen LogP contribution in [0.3, 0.4) is 0 Å². The first-order chi connectivity index (χ1) is 9.56. The number of nitrogens with zero attached hydrogens (tertiary/aromatic N) is 1. The molecule has 1 atom stereocenters. The highest BCUT2D eigenvalue weighted by atomic mass is 16.4. The number of aliphatic hydroxyl groups is 1. The fourth-order valence-corrected chi connectivity index (χ4v) is 1.34. The summed E-state index contributed by atoms with van der Waals surface area (Å²) in [7, 11) is 6.16. The van der Waals surface area contributed by atoms with Crippen molar-refractivity contribution in [2.24, 2.45) is 5.73 Å². The van der Waals surface area contributed by atoms with Crippen LogP contribution in [0.1, 0.15) is 5.56 Å². The van der Waals surface area contributed by atoms with E-state index in [1.54, 1.807) is 0 Å². The Morgan fingerprint density at radius 1 is 1.24 bits per heavy atom. The summed E-state index contributed by atoms with van der Waals surface area (Å²) in [6.45, 7) is 1.11. The number of rotatable bonds is 5. The van der Waals surface area contributed by atoms with Gasteiger partial charge in [-0.25, -0.2) is 0 Å². The van der Waals surface area contributed by atoms with Crippen molar-refractivity contribution in [3.63, 3.8) is 0 Å². The number of nitrogens with two attached hydrogens (primary N) is 1. The molecule has 0 aromatic heterocycles. The predicted molar refractivity (Wildman–Crippen MR) is 79.1 cm³/mol. The molecule has 0 aliphatic heterocycles. The van der Waals surface area contributed by atoms with E-state index < -0.39 is 12.0 Å². The molecule has 0 aliphatic rings. The van der Waals surface area contributed by atoms with E-state index in [9.17, 15) is 4.79 Å². The first-order valence-corrected chi connectivity index (χ1v) is 6.47. The smallest absolute Gasteiger partial charge is 0.320 e. The number of quaternary nitrogens is 1. The minimum atomic E-state index is -1.10. The molecule has 0 spiro atoms. The van der Waals surface area contributed by atoms with Gasteiger partial charge in [0.1, 0.15) is 12.6 Å². The van der Waals surface area contributed by atoms with Gasteiger partial charge in [0, 0.05) is 0 Å². The van der Waals surface area contributed by atoms with Crippen LogP contribution in [-0.2, 0) is 11.2 Å². The Morgan fingerprint density at radius 2 is 1.81 bits per heavy atom. The third kappa shape index (κ3) is 8.85. The molecular formula is C14H25N2O5+. The summed E-state index contributed by atoms with van der Waals surface area (Å²) in [4.78, 5) is 10.4. The van der Waals surface area contributed by atoms with E-state index in [0.717, 1.165) is 11.0 Å². The van der Waals surface area contributed by atoms with E-state index in [-0.39, 0.29) is 24.5 Å². The summed E-state index contributed by atoms with van der Waals surface area (Å²) >= 11 is 0. The van der Waals surface area contributed by atoms with Crippen molar-refractivity contribution in [1.82, 2.24) is 0 Å². The van der Waals surface area contributed by atoms with Crippen LogP contribution in [-0.4, -0.2) is 71.2 Å². The molecule has 1 aromatic carbocycles. The Labute approximate surface area is 124 Å². The second kappa shape index (κ2) is 8.46. The van der Waals surface area contributed by atoms with Gasteiger partial charge in [0.2, 0.25) is 0 Å². The van der Waals surface area contributed by atoms with Gasteiger partial charge in [0.25, 0.3) is 0 Å². The highest BCUT2D eigenvalue weighted by molar-refractivity contribution is 5.73. The Kier molecular flexibility index (Phi) is 7.72. The maximum Gasteiger partial charge on any atom is 0.320 e. The highest BCUT2D eigenvalue weighted by Crippen LogP contribution is 2.25. The van der Waals surface area contributed by atoms with Gasteiger partial charge in [0.05, 0.1) is 27.7 Å². The second-order valence-electron chi connectivity index (χ2n) is 5.71. The lowest BCUT2D eigenvalue weighted by molar-refractivity contribution is -0.870. The Hall–Kier alpha value is -1.83. The predicted octanol–water partition coefficient (Wildman–Crippen LogP) is -0.263. The fourth-order valence-electron chi connectivity index (χ4n) is 1.34. The van der Waals surface area contributed by atoms with Gasteiger partial charge in [0.15, 0.2) is 11.5 Å². The SMILES string of the molecule is C[N+](C)(C)CCO.NC(Cc1ccc(O)c(O)c1)C(=O)O. The third-order valence-electron chi connectivity index (χ3n) is 2.58. The maximum absolute atomic E-state index is 10.4. The standard InChI is InChI=1S/C9H11NO4.C5H14NO/c10-6(9(13)14)3-5-1-2-7(11)8(12)4-5;1-6(2,3)4-5-7/h1-2,4,6,11-12H,3,10H2,(H,13,14);7H,4-5H2,1-3H3/q;+1. The molecule has 21 heavy (non-hydrogen) atoms. The molecule has 0 bridgehead atoms. The van der Waals surface area contributed by atoms with Gasteiger partial charge >= 0.3 is 5.97 Å². The molecule has 0 fully saturated rings. The molecule has 0 aliphatic carbocycles. The lowest BCUT2D eigenvalue weighted by atomic mass is 10.1. The lowest BCUT2D eigenvalue weighted by Crippen LogP contribution is -2.36. The normalized spacial score (nSPS) is 12.2. The maximum atomic E-state index is 10.4. The number of carboxylic acid groups (broad SMARTS) is 1. The molecular weight excluding hydrogens is 276 g/mol. The van der Waals surface area contributed by atoms with Crippen LogP contribution in [0.15, 0.2) is 18.2 Å². The van der Waals surface area contributed by atoms with Crippen LogP contribution in [0, 0.1) is 0 Å². The Balaban J connectivity index is 0.000000486. The molecule has 120 valence electrons. The van der Waals surface area contributed by atoms with E-state index in [1.807, 2.05) is 0 Å². The molecule has 1 unspecified atom stereocenters. The van der Waals surface area contributed by atoms with E-state index in [1.165, 1.54) is 18.2 Å². The quantitative estimate of drug-likeness (QED) is 0.377. The van der Waals surface area contributed by atoms with Crippen molar-refractivity contribution in [2.45, 2.75) is 12.5 Å². The van der Waals surface area contributed by atoms with Gasteiger partial charge in [-0.2, -0.15) is 0 Å². The Bertz CT molecular complexity index is 457. The summed E-state index contributed by atoms with van der Waals surface area (Å²) in [5.74, 6) is -1.62. The minimum Gasteiger partial charge on any atom is -0.504 e. The molecule has 6 N–H and O–H groups in total. The van der Waals surface area contributed by atoms with Crippen LogP contribution >= 0.6 is 0 Å². The number of phenols is 2. The molecule has 0 saturated heterocycles. The largest absolute Gasteiger partial charge is 0.504 e. The van der Waals surface area contributed by atoms with E-state index in [0.29, 0.717) is 5.56 Å². The van der Waals surface area contributed by atoms with Gasteiger partial charge in [-0.1, -0.05) is 6.07 Å². The number of hydrogen-bond acceptors (Lipinski definition) is 5. The van der Waals surface area contributed by atoms with Crippen LogP contribution in [0.5, 0.6) is 11.5 Å². The first kappa shape index (κ1) is 19.2. The number of benzene rings is 1. The van der Waals surface area contributed by atoms with Crippen molar-refractivity contribution in [3.8, 4) is 11.5 Å². The summed E-state index contributed by atoms with van der Waals surface area (Å²) < 4.78 is 0.844. The number of carbonyl (C=O) groups is 1. The molecule has 7 heteroatoms. The summed E-state index contributed by atoms with van der Waals surface area (Å²) in [5.41, 5.74) is 5.86. The average molecular weight is 301 g/mol. The molecule has 0 amide bonds. The van der Waals surface area contributed by atoms with Crippen molar-refractivity contribution in [1.29, 1.82) is 0 Å². The molecule has 7 nitrogen and oxygen atoms in total. The van der Waals surface area contributed by atoms with Crippen LogP contribution in [0.25, 0.3) is 0 Å².